The van der Waals surface area contributed by atoms with Gasteiger partial charge in [-0.3, -0.25) is 4.79 Å². The normalized spacial score (nSPS) is 11.0. The van der Waals surface area contributed by atoms with Crippen LogP contribution in [0.15, 0.2) is 48.5 Å². The molecule has 0 unspecified atom stereocenters. The summed E-state index contributed by atoms with van der Waals surface area (Å²) in [6.45, 7) is 5.65. The maximum absolute atomic E-state index is 12.3. The van der Waals surface area contributed by atoms with Crippen LogP contribution in [0, 0.1) is 0 Å². The molecule has 0 heterocycles. The standard InChI is InChI=1S/C21H27N3O3/c1-21(2,3)27-20(26)23-13-19(25)24(4)14-15-6-5-7-17(12-15)16-8-10-18(22)11-9-16/h5-12H,13-14,22H2,1-4H3,(H,23,26). The predicted octanol–water partition coefficient (Wildman–Crippen LogP) is 3.42. The highest BCUT2D eigenvalue weighted by molar-refractivity contribution is 5.82. The van der Waals surface area contributed by atoms with Gasteiger partial charge in [0.2, 0.25) is 5.91 Å². The van der Waals surface area contributed by atoms with Crippen LogP contribution in [-0.2, 0) is 16.1 Å². The van der Waals surface area contributed by atoms with E-state index in [1.54, 1.807) is 32.7 Å². The van der Waals surface area contributed by atoms with E-state index < -0.39 is 11.7 Å². The minimum Gasteiger partial charge on any atom is -0.444 e. The van der Waals surface area contributed by atoms with Crippen molar-refractivity contribution in [3.8, 4) is 11.1 Å². The van der Waals surface area contributed by atoms with Crippen molar-refractivity contribution in [1.82, 2.24) is 10.2 Å². The van der Waals surface area contributed by atoms with E-state index in [1.807, 2.05) is 48.5 Å². The van der Waals surface area contributed by atoms with Crippen molar-refractivity contribution in [3.63, 3.8) is 0 Å². The molecule has 0 radical (unpaired) electrons. The third-order valence-corrected chi connectivity index (χ3v) is 3.80. The molecule has 27 heavy (non-hydrogen) atoms. The van der Waals surface area contributed by atoms with E-state index in [9.17, 15) is 9.59 Å². The number of rotatable bonds is 5. The van der Waals surface area contributed by atoms with E-state index in [-0.39, 0.29) is 12.5 Å². The van der Waals surface area contributed by atoms with E-state index in [2.05, 4.69) is 5.32 Å². The van der Waals surface area contributed by atoms with E-state index in [0.29, 0.717) is 6.54 Å². The molecule has 6 nitrogen and oxygen atoms in total. The second-order valence-corrected chi connectivity index (χ2v) is 7.43. The Labute approximate surface area is 160 Å². The fraction of sp³-hybridized carbons (Fsp3) is 0.333. The molecule has 0 aliphatic carbocycles. The second kappa shape index (κ2) is 8.58. The largest absolute Gasteiger partial charge is 0.444 e. The van der Waals surface area contributed by atoms with Gasteiger partial charge >= 0.3 is 6.09 Å². The molecule has 0 bridgehead atoms. The average Bonchev–Trinajstić information content (AvgIpc) is 2.59. The number of hydrogen-bond acceptors (Lipinski definition) is 4. The number of benzene rings is 2. The lowest BCUT2D eigenvalue weighted by molar-refractivity contribution is -0.129. The number of nitrogens with two attached hydrogens (primary N) is 1. The number of ether oxygens (including phenoxy) is 1. The lowest BCUT2D eigenvalue weighted by Crippen LogP contribution is -2.40. The fourth-order valence-electron chi connectivity index (χ4n) is 2.48. The topological polar surface area (TPSA) is 84.7 Å². The summed E-state index contributed by atoms with van der Waals surface area (Å²) in [6.07, 6.45) is -0.602. The molecule has 0 aliphatic heterocycles. The number of likely N-dealkylation sites (N-methyl/N-ethyl adjacent to an activating group) is 1. The highest BCUT2D eigenvalue weighted by atomic mass is 16.6. The lowest BCUT2D eigenvalue weighted by atomic mass is 10.0. The van der Waals surface area contributed by atoms with Crippen molar-refractivity contribution in [2.75, 3.05) is 19.3 Å². The Balaban J connectivity index is 1.94. The van der Waals surface area contributed by atoms with Gasteiger partial charge in [-0.1, -0.05) is 30.3 Å². The molecule has 6 heteroatoms. The molecule has 144 valence electrons. The monoisotopic (exact) mass is 369 g/mol. The number of nitrogen functional groups attached to an aromatic ring is 1. The number of nitrogens with one attached hydrogen (secondary N) is 1. The summed E-state index contributed by atoms with van der Waals surface area (Å²) in [7, 11) is 1.70. The summed E-state index contributed by atoms with van der Waals surface area (Å²) in [4.78, 5) is 25.5. The minimum absolute atomic E-state index is 0.108. The molecule has 0 saturated carbocycles. The number of alkyl carbamates (subject to hydrolysis) is 1. The predicted molar refractivity (Wildman–Crippen MR) is 107 cm³/mol. The van der Waals surface area contributed by atoms with Gasteiger partial charge in [0.25, 0.3) is 0 Å². The lowest BCUT2D eigenvalue weighted by Gasteiger charge is -2.21. The number of carbonyl (C=O) groups is 2. The van der Waals surface area contributed by atoms with Crippen molar-refractivity contribution in [2.24, 2.45) is 0 Å². The molecular formula is C21H27N3O3. The third-order valence-electron chi connectivity index (χ3n) is 3.80. The van der Waals surface area contributed by atoms with Crippen LogP contribution >= 0.6 is 0 Å². The van der Waals surface area contributed by atoms with Crippen molar-refractivity contribution < 1.29 is 14.3 Å². The van der Waals surface area contributed by atoms with Gasteiger partial charge in [-0.05, 0) is 55.7 Å². The summed E-state index contributed by atoms with van der Waals surface area (Å²) >= 11 is 0. The van der Waals surface area contributed by atoms with Crippen LogP contribution in [0.5, 0.6) is 0 Å². The van der Waals surface area contributed by atoms with E-state index >= 15 is 0 Å². The van der Waals surface area contributed by atoms with Gasteiger partial charge in [-0.15, -0.1) is 0 Å². The van der Waals surface area contributed by atoms with Gasteiger partial charge in [0.1, 0.15) is 12.1 Å². The van der Waals surface area contributed by atoms with E-state index in [4.69, 9.17) is 10.5 Å². The number of anilines is 1. The highest BCUT2D eigenvalue weighted by Gasteiger charge is 2.17. The van der Waals surface area contributed by atoms with Crippen LogP contribution in [0.2, 0.25) is 0 Å². The molecule has 0 fully saturated rings. The van der Waals surface area contributed by atoms with E-state index in [0.717, 1.165) is 22.4 Å². The summed E-state index contributed by atoms with van der Waals surface area (Å²) < 4.78 is 5.13. The molecule has 0 aliphatic rings. The quantitative estimate of drug-likeness (QED) is 0.791. The summed E-state index contributed by atoms with van der Waals surface area (Å²) in [6, 6.07) is 15.6. The van der Waals surface area contributed by atoms with Crippen LogP contribution in [-0.4, -0.2) is 36.1 Å². The molecule has 2 aromatic carbocycles. The second-order valence-electron chi connectivity index (χ2n) is 7.43. The Morgan fingerprint density at radius 1 is 1.07 bits per heavy atom. The fourth-order valence-corrected chi connectivity index (χ4v) is 2.48. The first-order valence-electron chi connectivity index (χ1n) is 8.80. The molecular weight excluding hydrogens is 342 g/mol. The van der Waals surface area contributed by atoms with Gasteiger partial charge in [0.05, 0.1) is 0 Å². The average molecular weight is 369 g/mol. The highest BCUT2D eigenvalue weighted by Crippen LogP contribution is 2.22. The van der Waals surface area contributed by atoms with Crippen molar-refractivity contribution in [1.29, 1.82) is 0 Å². The van der Waals surface area contributed by atoms with Crippen molar-refractivity contribution in [3.05, 3.63) is 54.1 Å². The van der Waals surface area contributed by atoms with Gasteiger partial charge in [0, 0.05) is 19.3 Å². The Kier molecular flexibility index (Phi) is 6.45. The smallest absolute Gasteiger partial charge is 0.408 e. The van der Waals surface area contributed by atoms with E-state index in [1.165, 1.54) is 0 Å². The first kappa shape index (κ1) is 20.3. The van der Waals surface area contributed by atoms with Gasteiger partial charge < -0.3 is 20.7 Å². The van der Waals surface area contributed by atoms with Crippen molar-refractivity contribution >= 4 is 17.7 Å². The first-order valence-corrected chi connectivity index (χ1v) is 8.80. The van der Waals surface area contributed by atoms with Crippen molar-refractivity contribution in [2.45, 2.75) is 32.9 Å². The third kappa shape index (κ3) is 6.66. The summed E-state index contributed by atoms with van der Waals surface area (Å²) in [5.74, 6) is -0.196. The maximum atomic E-state index is 12.3. The molecule has 0 aromatic heterocycles. The Hall–Kier alpha value is -3.02. The Bertz CT molecular complexity index is 795. The number of carbonyl (C=O) groups excluding carboxylic acids is 2. The molecule has 2 amide bonds. The van der Waals surface area contributed by atoms with Gasteiger partial charge in [0.15, 0.2) is 0 Å². The van der Waals surface area contributed by atoms with Crippen LogP contribution in [0.1, 0.15) is 26.3 Å². The number of hydrogen-bond donors (Lipinski definition) is 2. The molecule has 3 N–H and O–H groups in total. The summed E-state index contributed by atoms with van der Waals surface area (Å²) in [5.41, 5.74) is 8.97. The van der Waals surface area contributed by atoms with Gasteiger partial charge in [-0.25, -0.2) is 4.79 Å². The first-order chi connectivity index (χ1) is 12.6. The molecule has 2 rings (SSSR count). The van der Waals surface area contributed by atoms with Crippen LogP contribution < -0.4 is 11.1 Å². The zero-order valence-corrected chi connectivity index (χ0v) is 16.3. The Morgan fingerprint density at radius 2 is 1.74 bits per heavy atom. The molecule has 0 atom stereocenters. The molecule has 0 saturated heterocycles. The SMILES string of the molecule is CN(Cc1cccc(-c2ccc(N)cc2)c1)C(=O)CNC(=O)OC(C)(C)C. The van der Waals surface area contributed by atoms with Crippen LogP contribution in [0.4, 0.5) is 10.5 Å². The maximum Gasteiger partial charge on any atom is 0.408 e. The molecule has 2 aromatic rings. The van der Waals surface area contributed by atoms with Crippen LogP contribution in [0.25, 0.3) is 11.1 Å². The summed E-state index contributed by atoms with van der Waals surface area (Å²) in [5, 5.41) is 2.48. The zero-order valence-electron chi connectivity index (χ0n) is 16.3. The minimum atomic E-state index is -0.602. The Morgan fingerprint density at radius 3 is 2.37 bits per heavy atom. The van der Waals surface area contributed by atoms with Crippen LogP contribution in [0.3, 0.4) is 0 Å². The number of amides is 2. The zero-order chi connectivity index (χ0) is 20.0. The molecule has 0 spiro atoms. The number of nitrogens with zero attached hydrogens (tertiary/aromatic N) is 1. The van der Waals surface area contributed by atoms with Gasteiger partial charge in [-0.2, -0.15) is 0 Å².